The molecule has 0 saturated carbocycles. The minimum absolute atomic E-state index is 0.0370. The van der Waals surface area contributed by atoms with E-state index in [1.807, 2.05) is 0 Å². The van der Waals surface area contributed by atoms with Crippen LogP contribution in [0.1, 0.15) is 0 Å². The molecule has 0 atom stereocenters. The van der Waals surface area contributed by atoms with Crippen LogP contribution < -0.4 is 10.1 Å². The van der Waals surface area contributed by atoms with E-state index >= 15 is 0 Å². The van der Waals surface area contributed by atoms with Gasteiger partial charge in [0.15, 0.2) is 12.4 Å². The number of nitrogens with one attached hydrogen (secondary N) is 1. The smallest absolute Gasteiger partial charge is 0.262 e. The average molecular weight is 297 g/mol. The van der Waals surface area contributed by atoms with Crippen LogP contribution in [-0.4, -0.2) is 12.5 Å². The van der Waals surface area contributed by atoms with E-state index in [9.17, 15) is 4.79 Å². The Labute approximate surface area is 98.5 Å². The fraction of sp³-hybridized carbons (Fsp3) is 0.125. The van der Waals surface area contributed by atoms with E-state index in [2.05, 4.69) is 21.2 Å². The molecule has 1 N–H and O–H groups in total. The lowest BCUT2D eigenvalue weighted by Gasteiger charge is -2.19. The van der Waals surface area contributed by atoms with Crippen LogP contribution in [0.25, 0.3) is 0 Å². The van der Waals surface area contributed by atoms with Crippen molar-refractivity contribution in [1.82, 2.24) is 0 Å². The third-order valence-electron chi connectivity index (χ3n) is 1.74. The molecule has 2 rings (SSSR count). The highest BCUT2D eigenvalue weighted by atomic mass is 79.9. The Morgan fingerprint density at radius 1 is 1.43 bits per heavy atom. The van der Waals surface area contributed by atoms with Crippen LogP contribution in [0.15, 0.2) is 10.5 Å². The zero-order chi connectivity index (χ0) is 10.3. The number of halogens is 3. The third kappa shape index (κ3) is 1.58. The predicted molar refractivity (Wildman–Crippen MR) is 58.3 cm³/mol. The zero-order valence-corrected chi connectivity index (χ0v) is 9.83. The first-order chi connectivity index (χ1) is 6.59. The van der Waals surface area contributed by atoms with Gasteiger partial charge in [0.2, 0.25) is 0 Å². The maximum Gasteiger partial charge on any atom is 0.262 e. The summed E-state index contributed by atoms with van der Waals surface area (Å²) in [5.41, 5.74) is 0.530. The second-order valence-electron chi connectivity index (χ2n) is 2.70. The molecule has 1 amide bonds. The number of anilines is 1. The van der Waals surface area contributed by atoms with Gasteiger partial charge >= 0.3 is 0 Å². The van der Waals surface area contributed by atoms with Crippen molar-refractivity contribution in [2.45, 2.75) is 0 Å². The molecule has 0 aliphatic carbocycles. The topological polar surface area (TPSA) is 38.3 Å². The Bertz CT molecular complexity index is 422. The molecule has 74 valence electrons. The van der Waals surface area contributed by atoms with E-state index in [1.165, 1.54) is 0 Å². The summed E-state index contributed by atoms with van der Waals surface area (Å²) in [6.07, 6.45) is 0. The van der Waals surface area contributed by atoms with Gasteiger partial charge in [-0.1, -0.05) is 23.2 Å². The van der Waals surface area contributed by atoms with Gasteiger partial charge < -0.3 is 10.1 Å². The monoisotopic (exact) mass is 295 g/mol. The molecule has 1 aromatic rings. The first-order valence-corrected chi connectivity index (χ1v) is 5.24. The van der Waals surface area contributed by atoms with Gasteiger partial charge in [0.25, 0.3) is 5.91 Å². The van der Waals surface area contributed by atoms with E-state index in [-0.39, 0.29) is 12.5 Å². The molecule has 1 heterocycles. The number of fused-ring (bicyclic) bond motifs is 1. The largest absolute Gasteiger partial charge is 0.480 e. The van der Waals surface area contributed by atoms with Gasteiger partial charge in [-0.2, -0.15) is 0 Å². The van der Waals surface area contributed by atoms with Crippen molar-refractivity contribution < 1.29 is 9.53 Å². The summed E-state index contributed by atoms with van der Waals surface area (Å²) in [4.78, 5) is 11.0. The summed E-state index contributed by atoms with van der Waals surface area (Å²) >= 11 is 15.0. The molecular formula is C8H4BrCl2NO2. The highest BCUT2D eigenvalue weighted by Crippen LogP contribution is 2.44. The van der Waals surface area contributed by atoms with Crippen LogP contribution in [0.3, 0.4) is 0 Å². The molecule has 1 aliphatic heterocycles. The SMILES string of the molecule is O=C1COc2c(cc(Br)c(Cl)c2Cl)N1. The lowest BCUT2D eigenvalue weighted by molar-refractivity contribution is -0.118. The fourth-order valence-electron chi connectivity index (χ4n) is 1.14. The first-order valence-electron chi connectivity index (χ1n) is 3.69. The number of hydrogen-bond donors (Lipinski definition) is 1. The van der Waals surface area contributed by atoms with Crippen molar-refractivity contribution >= 4 is 50.7 Å². The Morgan fingerprint density at radius 3 is 2.86 bits per heavy atom. The number of benzene rings is 1. The normalized spacial score (nSPS) is 14.4. The first kappa shape index (κ1) is 10.1. The quantitative estimate of drug-likeness (QED) is 0.747. The van der Waals surface area contributed by atoms with Gasteiger partial charge in [0.1, 0.15) is 5.02 Å². The highest BCUT2D eigenvalue weighted by molar-refractivity contribution is 9.10. The number of carbonyl (C=O) groups excluding carboxylic acids is 1. The molecule has 0 unspecified atom stereocenters. The maximum atomic E-state index is 11.0. The molecule has 1 aromatic carbocycles. The second-order valence-corrected chi connectivity index (χ2v) is 4.31. The van der Waals surface area contributed by atoms with Crippen molar-refractivity contribution in [2.24, 2.45) is 0 Å². The molecule has 14 heavy (non-hydrogen) atoms. The van der Waals surface area contributed by atoms with Crippen molar-refractivity contribution in [3.63, 3.8) is 0 Å². The van der Waals surface area contributed by atoms with Crippen molar-refractivity contribution in [3.8, 4) is 5.75 Å². The van der Waals surface area contributed by atoms with E-state index in [1.54, 1.807) is 6.07 Å². The van der Waals surface area contributed by atoms with Crippen LogP contribution in [0.4, 0.5) is 5.69 Å². The maximum absolute atomic E-state index is 11.0. The zero-order valence-electron chi connectivity index (χ0n) is 6.73. The van der Waals surface area contributed by atoms with Gasteiger partial charge in [0.05, 0.1) is 10.7 Å². The van der Waals surface area contributed by atoms with Crippen molar-refractivity contribution in [3.05, 3.63) is 20.6 Å². The third-order valence-corrected chi connectivity index (χ3v) is 3.44. The summed E-state index contributed by atoms with van der Waals surface area (Å²) in [7, 11) is 0. The van der Waals surface area contributed by atoms with E-state index in [0.717, 1.165) is 0 Å². The molecule has 0 fully saturated rings. The molecular weight excluding hydrogens is 293 g/mol. The summed E-state index contributed by atoms with van der Waals surface area (Å²) < 4.78 is 5.77. The molecule has 1 aliphatic rings. The lowest BCUT2D eigenvalue weighted by Crippen LogP contribution is -2.25. The Kier molecular flexibility index (Phi) is 2.60. The number of amides is 1. The molecule has 0 bridgehead atoms. The van der Waals surface area contributed by atoms with Crippen LogP contribution >= 0.6 is 39.1 Å². The van der Waals surface area contributed by atoms with Crippen LogP contribution in [0.2, 0.25) is 10.0 Å². The molecule has 0 radical (unpaired) electrons. The molecule has 3 nitrogen and oxygen atoms in total. The summed E-state index contributed by atoms with van der Waals surface area (Å²) in [6.45, 7) is -0.0370. The van der Waals surface area contributed by atoms with Crippen LogP contribution in [0.5, 0.6) is 5.75 Å². The van der Waals surface area contributed by atoms with Gasteiger partial charge in [-0.05, 0) is 22.0 Å². The molecule has 0 saturated heterocycles. The Balaban J connectivity index is 2.59. The van der Waals surface area contributed by atoms with Gasteiger partial charge in [0, 0.05) is 4.47 Å². The number of hydrogen-bond acceptors (Lipinski definition) is 2. The number of rotatable bonds is 0. The molecule has 0 spiro atoms. The fourth-order valence-corrected chi connectivity index (χ4v) is 2.08. The van der Waals surface area contributed by atoms with E-state index < -0.39 is 0 Å². The summed E-state index contributed by atoms with van der Waals surface area (Å²) in [5, 5.41) is 3.31. The van der Waals surface area contributed by atoms with Crippen LogP contribution in [-0.2, 0) is 4.79 Å². The lowest BCUT2D eigenvalue weighted by atomic mass is 10.2. The summed E-state index contributed by atoms with van der Waals surface area (Å²) in [5.74, 6) is 0.210. The molecule has 0 aromatic heterocycles. The predicted octanol–water partition coefficient (Wildman–Crippen LogP) is 3.09. The van der Waals surface area contributed by atoms with Gasteiger partial charge in [-0.25, -0.2) is 0 Å². The highest BCUT2D eigenvalue weighted by Gasteiger charge is 2.22. The number of carbonyl (C=O) groups is 1. The van der Waals surface area contributed by atoms with Gasteiger partial charge in [-0.3, -0.25) is 4.79 Å². The minimum atomic E-state index is -0.206. The van der Waals surface area contributed by atoms with Crippen LogP contribution in [0, 0.1) is 0 Å². The van der Waals surface area contributed by atoms with E-state index in [0.29, 0.717) is 26.0 Å². The molecule has 6 heteroatoms. The van der Waals surface area contributed by atoms with Gasteiger partial charge in [-0.15, -0.1) is 0 Å². The standard InChI is InChI=1S/C8H4BrCl2NO2/c9-3-1-4-8(7(11)6(3)10)14-2-5(13)12-4/h1H,2H2,(H,12,13). The number of ether oxygens (including phenoxy) is 1. The Morgan fingerprint density at radius 2 is 2.14 bits per heavy atom. The average Bonchev–Trinajstić information content (AvgIpc) is 2.14. The minimum Gasteiger partial charge on any atom is -0.480 e. The summed E-state index contributed by atoms with van der Waals surface area (Å²) in [6, 6.07) is 1.65. The van der Waals surface area contributed by atoms with Crippen molar-refractivity contribution in [1.29, 1.82) is 0 Å². The Hall–Kier alpha value is -0.450. The second kappa shape index (κ2) is 3.61. The van der Waals surface area contributed by atoms with E-state index in [4.69, 9.17) is 27.9 Å². The van der Waals surface area contributed by atoms with Crippen molar-refractivity contribution in [2.75, 3.05) is 11.9 Å².